The molecule has 0 atom stereocenters. The largest absolute Gasteiger partial charge is 0.573 e. The van der Waals surface area contributed by atoms with Gasteiger partial charge in [0.05, 0.1) is 0 Å². The van der Waals surface area contributed by atoms with Crippen molar-refractivity contribution in [3.8, 4) is 16.9 Å². The zero-order valence-electron chi connectivity index (χ0n) is 13.4. The molecule has 0 saturated carbocycles. The number of hydrogen-bond donors (Lipinski definition) is 0. The zero-order valence-corrected chi connectivity index (χ0v) is 13.4. The maximum Gasteiger partial charge on any atom is 0.573 e. The zero-order chi connectivity index (χ0) is 19.1. The first kappa shape index (κ1) is 18.1. The van der Waals surface area contributed by atoms with Crippen molar-refractivity contribution in [2.45, 2.75) is 19.7 Å². The smallest absolute Gasteiger partial charge is 0.399 e. The molecule has 0 aromatic heterocycles. The van der Waals surface area contributed by atoms with E-state index in [1.54, 1.807) is 24.3 Å². The number of alkyl halides is 3. The van der Waals surface area contributed by atoms with E-state index in [0.717, 1.165) is 12.0 Å². The van der Waals surface area contributed by atoms with Crippen LogP contribution in [0.4, 0.5) is 26.3 Å². The summed E-state index contributed by atoms with van der Waals surface area (Å²) in [6.07, 6.45) is -4.48. The Hall–Kier alpha value is -2.70. The maximum atomic E-state index is 14.8. The molecule has 0 aliphatic heterocycles. The highest BCUT2D eigenvalue weighted by Crippen LogP contribution is 2.35. The molecule has 3 rings (SSSR count). The Morgan fingerprint density at radius 1 is 0.885 bits per heavy atom. The Balaban J connectivity index is 2.10. The lowest BCUT2D eigenvalue weighted by Crippen LogP contribution is -2.19. The Kier molecular flexibility index (Phi) is 4.56. The first-order chi connectivity index (χ1) is 12.2. The number of halogens is 6. The van der Waals surface area contributed by atoms with Crippen molar-refractivity contribution in [1.29, 1.82) is 0 Å². The molecule has 1 nitrogen and oxygen atoms in total. The van der Waals surface area contributed by atoms with Crippen LogP contribution in [-0.2, 0) is 6.42 Å². The first-order valence-electron chi connectivity index (χ1n) is 7.66. The molecular weight excluding hydrogens is 358 g/mol. The van der Waals surface area contributed by atoms with Gasteiger partial charge in [-0.3, -0.25) is 0 Å². The minimum atomic E-state index is -5.24. The molecule has 0 radical (unpaired) electrons. The number of benzene rings is 3. The summed E-state index contributed by atoms with van der Waals surface area (Å²) in [7, 11) is 0. The quantitative estimate of drug-likeness (QED) is 0.486. The molecule has 0 spiro atoms. The number of ether oxygens (including phenoxy) is 1. The Morgan fingerprint density at radius 3 is 2.12 bits per heavy atom. The van der Waals surface area contributed by atoms with Crippen LogP contribution in [0.3, 0.4) is 0 Å². The van der Waals surface area contributed by atoms with Crippen LogP contribution in [0, 0.1) is 17.5 Å². The lowest BCUT2D eigenvalue weighted by molar-refractivity contribution is -0.276. The van der Waals surface area contributed by atoms with Gasteiger partial charge in [0.1, 0.15) is 5.82 Å². The van der Waals surface area contributed by atoms with Gasteiger partial charge in [-0.1, -0.05) is 37.3 Å². The summed E-state index contributed by atoms with van der Waals surface area (Å²) in [5.41, 5.74) is 0.641. The van der Waals surface area contributed by atoms with Gasteiger partial charge in [0.15, 0.2) is 11.6 Å². The summed E-state index contributed by atoms with van der Waals surface area (Å²) < 4.78 is 82.5. The molecule has 0 saturated heterocycles. The van der Waals surface area contributed by atoms with E-state index >= 15 is 0 Å². The van der Waals surface area contributed by atoms with Gasteiger partial charge in [0.2, 0.25) is 5.75 Å². The van der Waals surface area contributed by atoms with Gasteiger partial charge in [-0.2, -0.15) is 0 Å². The van der Waals surface area contributed by atoms with E-state index in [-0.39, 0.29) is 16.5 Å². The van der Waals surface area contributed by atoms with Crippen molar-refractivity contribution in [2.75, 3.05) is 0 Å². The monoisotopic (exact) mass is 370 g/mol. The standard InChI is InChI=1S/C19H12F6O/c1-2-10-3-5-13-11(7-10)4-6-14(17(13)22)12-8-15(20)18(16(21)9-12)26-19(23,24)25/h3-9H,2H2,1H3. The van der Waals surface area contributed by atoms with Gasteiger partial charge in [-0.25, -0.2) is 13.2 Å². The highest BCUT2D eigenvalue weighted by Gasteiger charge is 2.34. The van der Waals surface area contributed by atoms with E-state index in [4.69, 9.17) is 0 Å². The number of rotatable bonds is 3. The van der Waals surface area contributed by atoms with Crippen LogP contribution in [0.5, 0.6) is 5.75 Å². The van der Waals surface area contributed by atoms with Crippen LogP contribution in [0.2, 0.25) is 0 Å². The minimum Gasteiger partial charge on any atom is -0.399 e. The number of fused-ring (bicyclic) bond motifs is 1. The van der Waals surface area contributed by atoms with E-state index in [9.17, 15) is 26.3 Å². The van der Waals surface area contributed by atoms with E-state index < -0.39 is 29.6 Å². The average molecular weight is 370 g/mol. The predicted molar refractivity (Wildman–Crippen MR) is 85.3 cm³/mol. The van der Waals surface area contributed by atoms with E-state index in [1.807, 2.05) is 6.92 Å². The molecule has 0 aliphatic carbocycles. The summed E-state index contributed by atoms with van der Waals surface area (Å²) in [6, 6.07) is 9.21. The predicted octanol–water partition coefficient (Wildman–Crippen LogP) is 6.39. The van der Waals surface area contributed by atoms with Crippen LogP contribution in [0.25, 0.3) is 21.9 Å². The molecule has 7 heteroatoms. The molecule has 0 aliphatic rings. The lowest BCUT2D eigenvalue weighted by atomic mass is 9.98. The summed E-state index contributed by atoms with van der Waals surface area (Å²) >= 11 is 0. The van der Waals surface area contributed by atoms with Crippen LogP contribution < -0.4 is 4.74 Å². The Morgan fingerprint density at radius 2 is 1.54 bits per heavy atom. The highest BCUT2D eigenvalue weighted by molar-refractivity contribution is 5.88. The average Bonchev–Trinajstić information content (AvgIpc) is 2.57. The number of hydrogen-bond acceptors (Lipinski definition) is 1. The van der Waals surface area contributed by atoms with Gasteiger partial charge >= 0.3 is 6.36 Å². The molecule has 136 valence electrons. The fourth-order valence-corrected chi connectivity index (χ4v) is 2.71. The molecule has 0 amide bonds. The summed E-state index contributed by atoms with van der Waals surface area (Å²) in [6.45, 7) is 1.95. The lowest BCUT2D eigenvalue weighted by Gasteiger charge is -2.13. The van der Waals surface area contributed by atoms with Crippen molar-refractivity contribution < 1.29 is 31.1 Å². The van der Waals surface area contributed by atoms with Crippen molar-refractivity contribution >= 4 is 10.8 Å². The molecule has 26 heavy (non-hydrogen) atoms. The molecule has 3 aromatic rings. The summed E-state index contributed by atoms with van der Waals surface area (Å²) in [5, 5.41) is 0.861. The second kappa shape index (κ2) is 6.55. The molecule has 3 aromatic carbocycles. The van der Waals surface area contributed by atoms with Gasteiger partial charge in [0.25, 0.3) is 0 Å². The van der Waals surface area contributed by atoms with Crippen molar-refractivity contribution in [1.82, 2.24) is 0 Å². The van der Waals surface area contributed by atoms with Gasteiger partial charge < -0.3 is 4.74 Å². The van der Waals surface area contributed by atoms with Crippen molar-refractivity contribution in [3.05, 3.63) is 65.5 Å². The molecule has 0 N–H and O–H groups in total. The third-order valence-corrected chi connectivity index (χ3v) is 3.95. The van der Waals surface area contributed by atoms with Gasteiger partial charge in [0, 0.05) is 10.9 Å². The summed E-state index contributed by atoms with van der Waals surface area (Å²) in [4.78, 5) is 0. The Labute approximate surface area is 144 Å². The second-order valence-electron chi connectivity index (χ2n) is 5.65. The molecule has 0 bridgehead atoms. The fraction of sp³-hybridized carbons (Fsp3) is 0.158. The normalized spacial score (nSPS) is 11.8. The van der Waals surface area contributed by atoms with Gasteiger partial charge in [-0.05, 0) is 35.1 Å². The van der Waals surface area contributed by atoms with Crippen LogP contribution in [-0.4, -0.2) is 6.36 Å². The van der Waals surface area contributed by atoms with Crippen LogP contribution in [0.15, 0.2) is 42.5 Å². The Bertz CT molecular complexity index is 955. The van der Waals surface area contributed by atoms with Crippen molar-refractivity contribution in [2.24, 2.45) is 0 Å². The summed E-state index contributed by atoms with van der Waals surface area (Å²) in [5.74, 6) is -5.43. The highest BCUT2D eigenvalue weighted by atomic mass is 19.4. The van der Waals surface area contributed by atoms with E-state index in [1.165, 1.54) is 6.07 Å². The van der Waals surface area contributed by atoms with E-state index in [0.29, 0.717) is 17.5 Å². The third kappa shape index (κ3) is 3.47. The first-order valence-corrected chi connectivity index (χ1v) is 7.66. The van der Waals surface area contributed by atoms with Crippen LogP contribution >= 0.6 is 0 Å². The molecular formula is C19H12F6O. The third-order valence-electron chi connectivity index (χ3n) is 3.95. The topological polar surface area (TPSA) is 9.23 Å². The molecule has 0 fully saturated rings. The molecule has 0 unspecified atom stereocenters. The molecule has 0 heterocycles. The van der Waals surface area contributed by atoms with E-state index in [2.05, 4.69) is 4.74 Å². The fourth-order valence-electron chi connectivity index (χ4n) is 2.71. The SMILES string of the molecule is CCc1ccc2c(F)c(-c3cc(F)c(OC(F)(F)F)c(F)c3)ccc2c1. The second-order valence-corrected chi connectivity index (χ2v) is 5.65. The van der Waals surface area contributed by atoms with Crippen molar-refractivity contribution in [3.63, 3.8) is 0 Å². The van der Waals surface area contributed by atoms with Crippen LogP contribution in [0.1, 0.15) is 12.5 Å². The van der Waals surface area contributed by atoms with Gasteiger partial charge in [-0.15, -0.1) is 13.2 Å². The number of aryl methyl sites for hydroxylation is 1. The minimum absolute atomic E-state index is 0.127. The maximum absolute atomic E-state index is 14.8.